The Bertz CT molecular complexity index is 564. The van der Waals surface area contributed by atoms with E-state index in [4.69, 9.17) is 4.74 Å². The first-order valence-corrected chi connectivity index (χ1v) is 8.41. The number of amides is 1. The van der Waals surface area contributed by atoms with Gasteiger partial charge in [-0.3, -0.25) is 13.8 Å². The number of ether oxygens (including phenoxy) is 1. The zero-order valence-electron chi connectivity index (χ0n) is 13.5. The van der Waals surface area contributed by atoms with Gasteiger partial charge >= 0.3 is 0 Å². The Labute approximate surface area is 133 Å². The largest absolute Gasteiger partial charge is 0.484 e. The van der Waals surface area contributed by atoms with Gasteiger partial charge in [-0.25, -0.2) is 0 Å². The molecule has 1 amide bonds. The molecule has 0 fully saturated rings. The monoisotopic (exact) mass is 325 g/mol. The van der Waals surface area contributed by atoms with Gasteiger partial charge in [-0.1, -0.05) is 12.1 Å². The van der Waals surface area contributed by atoms with Crippen molar-refractivity contribution >= 4 is 22.5 Å². The summed E-state index contributed by atoms with van der Waals surface area (Å²) in [7, 11) is -0.995. The van der Waals surface area contributed by atoms with Crippen molar-refractivity contribution in [1.82, 2.24) is 5.32 Å². The second-order valence-electron chi connectivity index (χ2n) is 5.88. The van der Waals surface area contributed by atoms with Crippen LogP contribution in [0.25, 0.3) is 0 Å². The van der Waals surface area contributed by atoms with Crippen LogP contribution in [0.4, 0.5) is 0 Å². The predicted octanol–water partition coefficient (Wildman–Crippen LogP) is 1.93. The van der Waals surface area contributed by atoms with Crippen molar-refractivity contribution in [2.75, 3.05) is 18.9 Å². The normalized spacial score (nSPS) is 12.5. The summed E-state index contributed by atoms with van der Waals surface area (Å²) in [6.45, 7) is 7.38. The van der Waals surface area contributed by atoms with Gasteiger partial charge in [-0.05, 0) is 39.8 Å². The van der Waals surface area contributed by atoms with E-state index in [0.717, 1.165) is 0 Å². The molecule has 1 rings (SSSR count). The molecule has 0 aromatic heterocycles. The first kappa shape index (κ1) is 18.4. The second-order valence-corrected chi connectivity index (χ2v) is 8.21. The first-order chi connectivity index (χ1) is 10.2. The van der Waals surface area contributed by atoms with Gasteiger partial charge < -0.3 is 10.1 Å². The van der Waals surface area contributed by atoms with Crippen LogP contribution in [0.3, 0.4) is 0 Å². The third-order valence-corrected chi connectivity index (χ3v) is 4.84. The average molecular weight is 325 g/mol. The molecule has 0 radical (unpaired) electrons. The van der Waals surface area contributed by atoms with Crippen LogP contribution in [0.1, 0.15) is 38.1 Å². The molecule has 1 aromatic rings. The summed E-state index contributed by atoms with van der Waals surface area (Å²) in [6.07, 6.45) is 0. The molecule has 1 N–H and O–H groups in total. The Balaban J connectivity index is 2.36. The van der Waals surface area contributed by atoms with Crippen LogP contribution in [0, 0.1) is 0 Å². The van der Waals surface area contributed by atoms with E-state index in [1.807, 2.05) is 20.8 Å². The molecule has 122 valence electrons. The van der Waals surface area contributed by atoms with Crippen molar-refractivity contribution in [3.8, 4) is 5.75 Å². The lowest BCUT2D eigenvalue weighted by molar-refractivity contribution is -0.122. The molecule has 0 bridgehead atoms. The van der Waals surface area contributed by atoms with E-state index >= 15 is 0 Å². The number of rotatable bonds is 7. The highest BCUT2D eigenvalue weighted by Crippen LogP contribution is 2.13. The Morgan fingerprint density at radius 2 is 1.95 bits per heavy atom. The standard InChI is InChI=1S/C16H23NO4S/c1-12(18)13-6-5-7-14(10-13)21-11-15(19)17-8-9-22(20)16(2,3)4/h5-7,10H,8-9,11H2,1-4H3,(H,17,19)/t22-/m1/s1. The van der Waals surface area contributed by atoms with Gasteiger partial charge in [0, 0.05) is 33.4 Å². The van der Waals surface area contributed by atoms with E-state index in [2.05, 4.69) is 5.32 Å². The van der Waals surface area contributed by atoms with E-state index < -0.39 is 10.8 Å². The topological polar surface area (TPSA) is 72.5 Å². The number of ketones is 1. The molecule has 6 heteroatoms. The lowest BCUT2D eigenvalue weighted by Gasteiger charge is -2.17. The van der Waals surface area contributed by atoms with Gasteiger partial charge in [0.05, 0.1) is 0 Å². The highest BCUT2D eigenvalue weighted by Gasteiger charge is 2.18. The van der Waals surface area contributed by atoms with Gasteiger partial charge in [-0.2, -0.15) is 0 Å². The summed E-state index contributed by atoms with van der Waals surface area (Å²) >= 11 is 0. The van der Waals surface area contributed by atoms with Gasteiger partial charge in [0.15, 0.2) is 12.4 Å². The molecule has 1 atom stereocenters. The summed E-state index contributed by atoms with van der Waals surface area (Å²) in [6, 6.07) is 6.69. The number of benzene rings is 1. The number of nitrogens with one attached hydrogen (secondary N) is 1. The zero-order chi connectivity index (χ0) is 16.8. The van der Waals surface area contributed by atoms with Gasteiger partial charge in [0.1, 0.15) is 5.75 Å². The first-order valence-electron chi connectivity index (χ1n) is 7.09. The maximum atomic E-state index is 11.8. The number of carbonyl (C=O) groups excluding carboxylic acids is 2. The minimum atomic E-state index is -0.995. The van der Waals surface area contributed by atoms with Crippen LogP contribution in [0.15, 0.2) is 24.3 Å². The predicted molar refractivity (Wildman–Crippen MR) is 87.7 cm³/mol. The van der Waals surface area contributed by atoms with Crippen LogP contribution >= 0.6 is 0 Å². The maximum absolute atomic E-state index is 11.8. The lowest BCUT2D eigenvalue weighted by atomic mass is 10.1. The molecule has 0 aliphatic carbocycles. The number of Topliss-reactive ketones (excluding diaryl/α,β-unsaturated/α-hetero) is 1. The Kier molecular flexibility index (Phi) is 6.74. The van der Waals surface area contributed by atoms with Crippen molar-refractivity contribution in [3.63, 3.8) is 0 Å². The van der Waals surface area contributed by atoms with E-state index in [-0.39, 0.29) is 23.0 Å². The smallest absolute Gasteiger partial charge is 0.257 e. The van der Waals surface area contributed by atoms with E-state index in [0.29, 0.717) is 23.6 Å². The van der Waals surface area contributed by atoms with Crippen molar-refractivity contribution in [1.29, 1.82) is 0 Å². The minimum Gasteiger partial charge on any atom is -0.484 e. The Morgan fingerprint density at radius 1 is 1.27 bits per heavy atom. The third kappa shape index (κ3) is 6.39. The molecule has 0 saturated carbocycles. The third-order valence-electron chi connectivity index (χ3n) is 2.90. The van der Waals surface area contributed by atoms with Crippen molar-refractivity contribution in [3.05, 3.63) is 29.8 Å². The summed E-state index contributed by atoms with van der Waals surface area (Å²) < 4.78 is 16.9. The highest BCUT2D eigenvalue weighted by atomic mass is 32.2. The summed E-state index contributed by atoms with van der Waals surface area (Å²) in [5.74, 6) is 0.550. The quantitative estimate of drug-likeness (QED) is 0.778. The Morgan fingerprint density at radius 3 is 2.55 bits per heavy atom. The fourth-order valence-electron chi connectivity index (χ4n) is 1.59. The van der Waals surface area contributed by atoms with Crippen LogP contribution in [-0.2, 0) is 15.6 Å². The zero-order valence-corrected chi connectivity index (χ0v) is 14.3. The number of hydrogen-bond donors (Lipinski definition) is 1. The van der Waals surface area contributed by atoms with Gasteiger partial charge in [0.2, 0.25) is 0 Å². The second kappa shape index (κ2) is 8.08. The lowest BCUT2D eigenvalue weighted by Crippen LogP contribution is -2.35. The number of hydrogen-bond acceptors (Lipinski definition) is 4. The van der Waals surface area contributed by atoms with Gasteiger partial charge in [0.25, 0.3) is 5.91 Å². The van der Waals surface area contributed by atoms with Crippen LogP contribution in [0.5, 0.6) is 5.75 Å². The molecule has 0 saturated heterocycles. The van der Waals surface area contributed by atoms with E-state index in [1.165, 1.54) is 6.92 Å². The average Bonchev–Trinajstić information content (AvgIpc) is 2.44. The molecule has 0 aliphatic rings. The summed E-state index contributed by atoms with van der Waals surface area (Å²) in [4.78, 5) is 22.9. The molecule has 0 aliphatic heterocycles. The fraction of sp³-hybridized carbons (Fsp3) is 0.500. The maximum Gasteiger partial charge on any atom is 0.257 e. The molecule has 5 nitrogen and oxygen atoms in total. The molecule has 0 heterocycles. The fourth-order valence-corrected chi connectivity index (χ4v) is 2.49. The highest BCUT2D eigenvalue weighted by molar-refractivity contribution is 7.86. The Hall–Kier alpha value is -1.69. The SMILES string of the molecule is CC(=O)c1cccc(OCC(=O)NCC[S@@](=O)C(C)(C)C)c1. The van der Waals surface area contributed by atoms with Crippen molar-refractivity contribution < 1.29 is 18.5 Å². The summed E-state index contributed by atoms with van der Waals surface area (Å²) in [5, 5.41) is 2.67. The summed E-state index contributed by atoms with van der Waals surface area (Å²) in [5.41, 5.74) is 0.540. The molecular weight excluding hydrogens is 302 g/mol. The number of carbonyl (C=O) groups is 2. The van der Waals surface area contributed by atoms with Crippen LogP contribution in [-0.4, -0.2) is 39.6 Å². The molecule has 1 aromatic carbocycles. The van der Waals surface area contributed by atoms with E-state index in [1.54, 1.807) is 24.3 Å². The van der Waals surface area contributed by atoms with Gasteiger partial charge in [-0.15, -0.1) is 0 Å². The molecule has 0 unspecified atom stereocenters. The van der Waals surface area contributed by atoms with Crippen LogP contribution < -0.4 is 10.1 Å². The van der Waals surface area contributed by atoms with Crippen LogP contribution in [0.2, 0.25) is 0 Å². The molecular formula is C16H23NO4S. The van der Waals surface area contributed by atoms with E-state index in [9.17, 15) is 13.8 Å². The molecule has 22 heavy (non-hydrogen) atoms. The van der Waals surface area contributed by atoms with Crippen molar-refractivity contribution in [2.24, 2.45) is 0 Å². The van der Waals surface area contributed by atoms with Crippen molar-refractivity contribution in [2.45, 2.75) is 32.4 Å². The minimum absolute atomic E-state index is 0.0560. The molecule has 0 spiro atoms.